The summed E-state index contributed by atoms with van der Waals surface area (Å²) < 4.78 is 29.7. The SMILES string of the molecule is CCCCS(=O)(=O)N(Cc1ccc(C(=O)N[C@@H](CCSC)C(=O)O)c(-c2ccccc2C)c1)[C@H](CSCC)CC1CCCCC1. The third-order valence-electron chi connectivity index (χ3n) is 8.68. The number of carboxylic acids is 1. The lowest BCUT2D eigenvalue weighted by Gasteiger charge is -2.34. The lowest BCUT2D eigenvalue weighted by Crippen LogP contribution is -2.44. The highest BCUT2D eigenvalue weighted by atomic mass is 32.2. The van der Waals surface area contributed by atoms with Gasteiger partial charge in [-0.2, -0.15) is 27.8 Å². The molecule has 1 fully saturated rings. The third-order valence-corrected chi connectivity index (χ3v) is 12.3. The Labute approximate surface area is 279 Å². The van der Waals surface area contributed by atoms with Crippen LogP contribution in [0.15, 0.2) is 42.5 Å². The van der Waals surface area contributed by atoms with Gasteiger partial charge < -0.3 is 10.4 Å². The van der Waals surface area contributed by atoms with E-state index in [4.69, 9.17) is 0 Å². The maximum atomic E-state index is 14.0. The lowest BCUT2D eigenvalue weighted by atomic mass is 9.85. The Morgan fingerprint density at radius 3 is 2.44 bits per heavy atom. The molecule has 2 aromatic carbocycles. The zero-order chi connectivity index (χ0) is 32.8. The molecule has 45 heavy (non-hydrogen) atoms. The topological polar surface area (TPSA) is 104 Å². The number of carboxylic acid groups (broad SMARTS) is 1. The third kappa shape index (κ3) is 11.3. The first kappa shape index (κ1) is 37.4. The first-order chi connectivity index (χ1) is 21.6. The molecule has 0 aromatic heterocycles. The molecule has 1 saturated carbocycles. The van der Waals surface area contributed by atoms with Crippen molar-refractivity contribution in [3.05, 3.63) is 59.2 Å². The molecule has 1 aliphatic carbocycles. The van der Waals surface area contributed by atoms with Gasteiger partial charge in [0.2, 0.25) is 10.0 Å². The quantitative estimate of drug-likeness (QED) is 0.158. The fourth-order valence-electron chi connectivity index (χ4n) is 6.12. The van der Waals surface area contributed by atoms with Gasteiger partial charge in [0.05, 0.1) is 5.75 Å². The second kappa shape index (κ2) is 19.0. The molecule has 0 unspecified atom stereocenters. The average Bonchev–Trinajstić information content (AvgIpc) is 3.03. The van der Waals surface area contributed by atoms with Crippen LogP contribution in [-0.4, -0.2) is 71.1 Å². The van der Waals surface area contributed by atoms with Crippen LogP contribution in [0.1, 0.15) is 93.1 Å². The zero-order valence-corrected chi connectivity index (χ0v) is 29.9. The van der Waals surface area contributed by atoms with E-state index in [9.17, 15) is 23.1 Å². The van der Waals surface area contributed by atoms with Crippen LogP contribution >= 0.6 is 23.5 Å². The van der Waals surface area contributed by atoms with E-state index in [0.29, 0.717) is 35.6 Å². The van der Waals surface area contributed by atoms with Crippen LogP contribution in [0.4, 0.5) is 0 Å². The van der Waals surface area contributed by atoms with Crippen molar-refractivity contribution in [1.29, 1.82) is 0 Å². The van der Waals surface area contributed by atoms with Crippen LogP contribution in [-0.2, 0) is 21.4 Å². The maximum Gasteiger partial charge on any atom is 0.326 e. The number of unbranched alkanes of at least 4 members (excludes halogenated alkanes) is 1. The van der Waals surface area contributed by atoms with Crippen molar-refractivity contribution in [1.82, 2.24) is 9.62 Å². The Hall–Kier alpha value is -2.01. The largest absolute Gasteiger partial charge is 0.480 e. The van der Waals surface area contributed by atoms with E-state index in [1.165, 1.54) is 31.0 Å². The molecule has 2 N–H and O–H groups in total. The minimum Gasteiger partial charge on any atom is -0.480 e. The Morgan fingerprint density at radius 2 is 1.80 bits per heavy atom. The van der Waals surface area contributed by atoms with Crippen molar-refractivity contribution in [2.45, 2.75) is 97.2 Å². The summed E-state index contributed by atoms with van der Waals surface area (Å²) in [5.41, 5.74) is 3.71. The number of amides is 1. The van der Waals surface area contributed by atoms with E-state index in [0.717, 1.165) is 53.9 Å². The lowest BCUT2D eigenvalue weighted by molar-refractivity contribution is -0.139. The summed E-state index contributed by atoms with van der Waals surface area (Å²) in [7, 11) is -3.54. The van der Waals surface area contributed by atoms with Gasteiger partial charge in [0.25, 0.3) is 5.91 Å². The monoisotopic (exact) mass is 676 g/mol. The van der Waals surface area contributed by atoms with Gasteiger partial charge in [-0.1, -0.05) is 82.7 Å². The highest BCUT2D eigenvalue weighted by molar-refractivity contribution is 7.99. The molecular weight excluding hydrogens is 625 g/mol. The Morgan fingerprint density at radius 1 is 1.07 bits per heavy atom. The number of sulfonamides is 1. The van der Waals surface area contributed by atoms with Gasteiger partial charge in [-0.05, 0) is 84.3 Å². The van der Waals surface area contributed by atoms with Crippen molar-refractivity contribution in [3.63, 3.8) is 0 Å². The number of nitrogens with one attached hydrogen (secondary N) is 1. The van der Waals surface area contributed by atoms with Gasteiger partial charge in [-0.3, -0.25) is 4.79 Å². The summed E-state index contributed by atoms with van der Waals surface area (Å²) in [5.74, 6) is 1.45. The van der Waals surface area contributed by atoms with Crippen LogP contribution in [0.3, 0.4) is 0 Å². The smallest absolute Gasteiger partial charge is 0.326 e. The van der Waals surface area contributed by atoms with Gasteiger partial charge in [0.15, 0.2) is 0 Å². The normalized spacial score (nSPS) is 15.6. The molecule has 1 amide bonds. The van der Waals surface area contributed by atoms with Gasteiger partial charge >= 0.3 is 5.97 Å². The van der Waals surface area contributed by atoms with Crippen LogP contribution in [0.2, 0.25) is 0 Å². The van der Waals surface area contributed by atoms with Crippen molar-refractivity contribution in [3.8, 4) is 11.1 Å². The maximum absolute atomic E-state index is 14.0. The molecule has 0 heterocycles. The minimum absolute atomic E-state index is 0.0995. The Kier molecular flexibility index (Phi) is 15.8. The highest BCUT2D eigenvalue weighted by Crippen LogP contribution is 2.33. The summed E-state index contributed by atoms with van der Waals surface area (Å²) in [6.07, 6.45) is 10.5. The molecule has 3 rings (SSSR count). The first-order valence-corrected chi connectivity index (χ1v) is 20.6. The molecular formula is C35H52N2O5S3. The van der Waals surface area contributed by atoms with Gasteiger partial charge in [0, 0.05) is 23.9 Å². The summed E-state index contributed by atoms with van der Waals surface area (Å²) in [5, 5.41) is 12.5. The number of hydrogen-bond acceptors (Lipinski definition) is 6. The van der Waals surface area contributed by atoms with Crippen molar-refractivity contribution < 1.29 is 23.1 Å². The molecule has 1 aliphatic rings. The number of benzene rings is 2. The predicted octanol–water partition coefficient (Wildman–Crippen LogP) is 7.62. The molecule has 0 radical (unpaired) electrons. The highest BCUT2D eigenvalue weighted by Gasteiger charge is 2.32. The number of hydrogen-bond donors (Lipinski definition) is 2. The molecule has 2 aromatic rings. The minimum atomic E-state index is -3.54. The molecule has 0 aliphatic heterocycles. The van der Waals surface area contributed by atoms with E-state index in [1.807, 2.05) is 56.5 Å². The van der Waals surface area contributed by atoms with Gasteiger partial charge in [-0.15, -0.1) is 0 Å². The Balaban J connectivity index is 2.05. The standard InChI is InChI=1S/C35H52N2O5S3/c1-5-7-21-45(41,42)37(29(25-44-6-2)22-27-14-9-8-10-15-27)24-28-17-18-31(32(23-28)30-16-12-11-13-26(30)3)34(38)36-33(35(39)40)19-20-43-4/h11-13,16-18,23,27,29,33H,5-10,14-15,19-22,24-25H2,1-4H3,(H,36,38)(H,39,40)/t29-,33-/m0/s1. The second-order valence-corrected chi connectivity index (χ2v) is 16.5. The average molecular weight is 677 g/mol. The molecule has 250 valence electrons. The predicted molar refractivity (Wildman–Crippen MR) is 191 cm³/mol. The van der Waals surface area contributed by atoms with Crippen LogP contribution in [0.25, 0.3) is 11.1 Å². The Bertz CT molecular complexity index is 1340. The van der Waals surface area contributed by atoms with Crippen LogP contribution < -0.4 is 5.32 Å². The number of rotatable bonds is 19. The van der Waals surface area contributed by atoms with Crippen LogP contribution in [0, 0.1) is 12.8 Å². The molecule has 0 spiro atoms. The fraction of sp³-hybridized carbons (Fsp3) is 0.600. The summed E-state index contributed by atoms with van der Waals surface area (Å²) in [4.78, 5) is 25.5. The number of nitrogens with zero attached hydrogens (tertiary/aromatic N) is 1. The molecule has 10 heteroatoms. The molecule has 0 bridgehead atoms. The van der Waals surface area contributed by atoms with E-state index < -0.39 is 27.9 Å². The van der Waals surface area contributed by atoms with Gasteiger partial charge in [0.1, 0.15) is 6.04 Å². The number of carbonyl (C=O) groups excluding carboxylic acids is 1. The first-order valence-electron chi connectivity index (χ1n) is 16.4. The number of thioether (sulfide) groups is 2. The van der Waals surface area contributed by atoms with E-state index in [2.05, 4.69) is 12.2 Å². The zero-order valence-electron chi connectivity index (χ0n) is 27.4. The van der Waals surface area contributed by atoms with Crippen molar-refractivity contribution in [2.24, 2.45) is 5.92 Å². The second-order valence-electron chi connectivity index (χ2n) is 12.1. The summed E-state index contributed by atoms with van der Waals surface area (Å²) >= 11 is 3.33. The van der Waals surface area contributed by atoms with Crippen LogP contribution in [0.5, 0.6) is 0 Å². The summed E-state index contributed by atoms with van der Waals surface area (Å²) in [6, 6.07) is 12.2. The van der Waals surface area contributed by atoms with Gasteiger partial charge in [-0.25, -0.2) is 13.2 Å². The number of carbonyl (C=O) groups is 2. The number of aryl methyl sites for hydroxylation is 1. The number of aliphatic carboxylic acids is 1. The van der Waals surface area contributed by atoms with E-state index >= 15 is 0 Å². The van der Waals surface area contributed by atoms with Crippen molar-refractivity contribution in [2.75, 3.05) is 29.3 Å². The van der Waals surface area contributed by atoms with E-state index in [-0.39, 0.29) is 18.3 Å². The fourth-order valence-corrected chi connectivity index (χ4v) is 9.36. The molecule has 0 saturated heterocycles. The van der Waals surface area contributed by atoms with Crippen molar-refractivity contribution >= 4 is 45.4 Å². The van der Waals surface area contributed by atoms with E-state index in [1.54, 1.807) is 22.1 Å². The summed E-state index contributed by atoms with van der Waals surface area (Å²) in [6.45, 7) is 6.35. The molecule has 7 nitrogen and oxygen atoms in total. The molecule has 2 atom stereocenters.